The lowest BCUT2D eigenvalue weighted by atomic mass is 9.55. The molecule has 0 amide bonds. The molecule has 3 aliphatic carbocycles. The molecular formula is C28H31BrO4. The van der Waals surface area contributed by atoms with Crippen molar-refractivity contribution in [3.8, 4) is 5.75 Å². The van der Waals surface area contributed by atoms with Crippen LogP contribution in [0.5, 0.6) is 5.75 Å². The highest BCUT2D eigenvalue weighted by atomic mass is 79.9. The van der Waals surface area contributed by atoms with Crippen molar-refractivity contribution in [2.24, 2.45) is 17.3 Å². The van der Waals surface area contributed by atoms with Gasteiger partial charge in [-0.2, -0.15) is 0 Å². The second-order valence-corrected chi connectivity index (χ2v) is 10.7. The third-order valence-electron chi connectivity index (χ3n) is 8.66. The minimum atomic E-state index is -0.309. The van der Waals surface area contributed by atoms with Crippen LogP contribution in [0.4, 0.5) is 0 Å². The zero-order valence-electron chi connectivity index (χ0n) is 19.3. The van der Waals surface area contributed by atoms with Gasteiger partial charge in [0.2, 0.25) is 0 Å². The monoisotopic (exact) mass is 510 g/mol. The van der Waals surface area contributed by atoms with Crippen LogP contribution in [0, 0.1) is 24.2 Å². The van der Waals surface area contributed by atoms with Gasteiger partial charge >= 0.3 is 11.9 Å². The molecule has 0 bridgehead atoms. The molecule has 5 heteroatoms. The predicted molar refractivity (Wildman–Crippen MR) is 131 cm³/mol. The molecule has 2 saturated carbocycles. The van der Waals surface area contributed by atoms with Gasteiger partial charge in [0.05, 0.1) is 5.56 Å². The molecule has 174 valence electrons. The predicted octanol–water partition coefficient (Wildman–Crippen LogP) is 6.38. The number of rotatable bonds is 4. The summed E-state index contributed by atoms with van der Waals surface area (Å²) in [5.41, 5.74) is 4.54. The molecule has 0 aliphatic heterocycles. The molecule has 5 rings (SSSR count). The number of carbonyl (C=O) groups excluding carboxylic acids is 2. The van der Waals surface area contributed by atoms with E-state index in [4.69, 9.17) is 9.47 Å². The number of ether oxygens (including phenoxy) is 2. The van der Waals surface area contributed by atoms with Crippen LogP contribution in [-0.4, -0.2) is 23.4 Å². The lowest BCUT2D eigenvalue weighted by Gasteiger charge is -2.50. The fourth-order valence-electron chi connectivity index (χ4n) is 7.00. The van der Waals surface area contributed by atoms with Gasteiger partial charge in [0.1, 0.15) is 17.2 Å². The molecule has 0 unspecified atom stereocenters. The Morgan fingerprint density at radius 2 is 1.85 bits per heavy atom. The summed E-state index contributed by atoms with van der Waals surface area (Å²) in [5, 5.41) is 0.264. The number of alkyl halides is 1. The summed E-state index contributed by atoms with van der Waals surface area (Å²) in [6, 6.07) is 13.3. The van der Waals surface area contributed by atoms with Crippen molar-refractivity contribution < 1.29 is 19.1 Å². The van der Waals surface area contributed by atoms with Crippen molar-refractivity contribution in [1.82, 2.24) is 0 Å². The Hall–Kier alpha value is -2.14. The van der Waals surface area contributed by atoms with E-state index in [0.717, 1.165) is 44.1 Å². The number of carbonyl (C=O) groups is 2. The molecule has 2 aromatic rings. The van der Waals surface area contributed by atoms with E-state index >= 15 is 0 Å². The zero-order valence-corrected chi connectivity index (χ0v) is 20.9. The molecule has 3 aliphatic rings. The standard InChI is InChI=1S/C28H31BrO4/c1-17-19-8-9-22-21(14-15-28(2)23(22)11-13-25(28)33-26(30)16-29)20(19)10-12-24(17)32-27(31)18-6-4-3-5-7-18/h3-7,10,12,21-23,25H,8-9,11,13-16H2,1-2H3/t21-,22-,23+,25+,28+/m1/s1. The molecule has 4 nitrogen and oxygen atoms in total. The van der Waals surface area contributed by atoms with E-state index in [1.54, 1.807) is 12.1 Å². The molecule has 2 fully saturated rings. The maximum Gasteiger partial charge on any atom is 0.343 e. The first-order valence-corrected chi connectivity index (χ1v) is 13.2. The average molecular weight is 511 g/mol. The number of hydrogen-bond donors (Lipinski definition) is 0. The van der Waals surface area contributed by atoms with Crippen LogP contribution in [0.2, 0.25) is 0 Å². The summed E-state index contributed by atoms with van der Waals surface area (Å²) in [6.45, 7) is 4.44. The third kappa shape index (κ3) is 3.92. The molecule has 2 aromatic carbocycles. The molecule has 33 heavy (non-hydrogen) atoms. The van der Waals surface area contributed by atoms with Crippen LogP contribution in [0.1, 0.15) is 72.0 Å². The number of benzene rings is 2. The molecule has 0 heterocycles. The van der Waals surface area contributed by atoms with Gasteiger partial charge in [-0.1, -0.05) is 47.1 Å². The Morgan fingerprint density at radius 1 is 1.06 bits per heavy atom. The Balaban J connectivity index is 1.37. The van der Waals surface area contributed by atoms with E-state index < -0.39 is 0 Å². The van der Waals surface area contributed by atoms with Crippen molar-refractivity contribution in [3.05, 3.63) is 64.7 Å². The number of halogens is 1. The van der Waals surface area contributed by atoms with Gasteiger partial charge in [0.25, 0.3) is 0 Å². The first-order chi connectivity index (χ1) is 15.9. The Kier molecular flexibility index (Phi) is 6.11. The second kappa shape index (κ2) is 8.90. The SMILES string of the molecule is Cc1c(OC(=O)c2ccccc2)ccc2c1CC[C@@H]1[C@@H]2CC[C@]2(C)[C@@H](OC(=O)CBr)CC[C@@H]12. The summed E-state index contributed by atoms with van der Waals surface area (Å²) in [4.78, 5) is 24.6. The highest BCUT2D eigenvalue weighted by molar-refractivity contribution is 9.09. The first-order valence-electron chi connectivity index (χ1n) is 12.1. The van der Waals surface area contributed by atoms with Gasteiger partial charge in [0.15, 0.2) is 0 Å². The van der Waals surface area contributed by atoms with E-state index in [0.29, 0.717) is 29.1 Å². The second-order valence-electron chi connectivity index (χ2n) is 10.2. The molecule has 5 atom stereocenters. The highest BCUT2D eigenvalue weighted by Gasteiger charge is 2.56. The van der Waals surface area contributed by atoms with E-state index in [2.05, 4.69) is 35.8 Å². The molecule has 0 saturated heterocycles. The average Bonchev–Trinajstić information content (AvgIpc) is 3.17. The Bertz CT molecular complexity index is 1070. The van der Waals surface area contributed by atoms with Crippen molar-refractivity contribution in [2.45, 2.75) is 64.4 Å². The van der Waals surface area contributed by atoms with E-state index in [1.165, 1.54) is 11.1 Å². The zero-order chi connectivity index (χ0) is 23.2. The van der Waals surface area contributed by atoms with Gasteiger partial charge < -0.3 is 9.47 Å². The quantitative estimate of drug-likeness (QED) is 0.272. The van der Waals surface area contributed by atoms with Crippen LogP contribution >= 0.6 is 15.9 Å². The van der Waals surface area contributed by atoms with Crippen molar-refractivity contribution in [2.75, 3.05) is 5.33 Å². The van der Waals surface area contributed by atoms with E-state index in [-0.39, 0.29) is 28.8 Å². The first kappa shape index (κ1) is 22.6. The van der Waals surface area contributed by atoms with Gasteiger partial charge in [-0.15, -0.1) is 0 Å². The van der Waals surface area contributed by atoms with Crippen molar-refractivity contribution in [1.29, 1.82) is 0 Å². The highest BCUT2D eigenvalue weighted by Crippen LogP contribution is 2.61. The third-order valence-corrected chi connectivity index (χ3v) is 9.12. The number of esters is 2. The maximum atomic E-state index is 12.6. The van der Waals surface area contributed by atoms with Crippen LogP contribution in [0.15, 0.2) is 42.5 Å². The lowest BCUT2D eigenvalue weighted by molar-refractivity contribution is -0.154. The minimum Gasteiger partial charge on any atom is -0.461 e. The molecule has 0 aromatic heterocycles. The summed E-state index contributed by atoms with van der Waals surface area (Å²) in [7, 11) is 0. The van der Waals surface area contributed by atoms with Crippen LogP contribution in [-0.2, 0) is 16.0 Å². The normalized spacial score (nSPS) is 30.0. The maximum absolute atomic E-state index is 12.6. The lowest BCUT2D eigenvalue weighted by Crippen LogP contribution is -2.45. The Morgan fingerprint density at radius 3 is 2.61 bits per heavy atom. The van der Waals surface area contributed by atoms with Crippen molar-refractivity contribution >= 4 is 27.9 Å². The smallest absolute Gasteiger partial charge is 0.343 e. The number of hydrogen-bond acceptors (Lipinski definition) is 4. The van der Waals surface area contributed by atoms with Crippen LogP contribution in [0.25, 0.3) is 0 Å². The molecule has 0 spiro atoms. The van der Waals surface area contributed by atoms with Crippen LogP contribution in [0.3, 0.4) is 0 Å². The van der Waals surface area contributed by atoms with Crippen molar-refractivity contribution in [3.63, 3.8) is 0 Å². The van der Waals surface area contributed by atoms with Gasteiger partial charge in [-0.25, -0.2) is 4.79 Å². The minimum absolute atomic E-state index is 0.0383. The van der Waals surface area contributed by atoms with E-state index in [1.807, 2.05) is 24.3 Å². The largest absolute Gasteiger partial charge is 0.461 e. The molecule has 0 N–H and O–H groups in total. The van der Waals surface area contributed by atoms with E-state index in [9.17, 15) is 9.59 Å². The summed E-state index contributed by atoms with van der Waals surface area (Å²) in [6.07, 6.45) is 6.52. The summed E-state index contributed by atoms with van der Waals surface area (Å²) in [5.74, 6) is 1.97. The molecule has 0 radical (unpaired) electrons. The summed E-state index contributed by atoms with van der Waals surface area (Å²) >= 11 is 3.24. The van der Waals surface area contributed by atoms with Crippen LogP contribution < -0.4 is 4.74 Å². The van der Waals surface area contributed by atoms with Gasteiger partial charge in [0, 0.05) is 5.41 Å². The summed E-state index contributed by atoms with van der Waals surface area (Å²) < 4.78 is 11.6. The number of fused-ring (bicyclic) bond motifs is 5. The van der Waals surface area contributed by atoms with Gasteiger partial charge in [-0.05, 0) is 98.1 Å². The topological polar surface area (TPSA) is 52.6 Å². The fraction of sp³-hybridized carbons (Fsp3) is 0.500. The van der Waals surface area contributed by atoms with Gasteiger partial charge in [-0.3, -0.25) is 4.79 Å². The molecular weight excluding hydrogens is 480 g/mol. The fourth-order valence-corrected chi connectivity index (χ4v) is 7.13. The Labute approximate surface area is 204 Å².